The standard InChI is InChI=1S/C19H16N2O3S2/c1-12-4-2-3-5-15(12)21-18(23)16(26-19(21)25)10-13-6-8-14(9-7-13)24-11-17(20)22/h2-10H,11H2,1H3,(H2,20,22)/b16-10-. The lowest BCUT2D eigenvalue weighted by Gasteiger charge is -2.16. The summed E-state index contributed by atoms with van der Waals surface area (Å²) in [6.07, 6.45) is 1.79. The van der Waals surface area contributed by atoms with E-state index >= 15 is 0 Å². The summed E-state index contributed by atoms with van der Waals surface area (Å²) in [6.45, 7) is 1.77. The van der Waals surface area contributed by atoms with E-state index in [-0.39, 0.29) is 12.5 Å². The number of amides is 2. The molecule has 2 aromatic rings. The van der Waals surface area contributed by atoms with Crippen molar-refractivity contribution in [1.82, 2.24) is 0 Å². The van der Waals surface area contributed by atoms with Gasteiger partial charge in [-0.3, -0.25) is 14.5 Å². The highest BCUT2D eigenvalue weighted by Crippen LogP contribution is 2.37. The van der Waals surface area contributed by atoms with Gasteiger partial charge in [0, 0.05) is 0 Å². The number of carbonyl (C=O) groups excluding carboxylic acids is 2. The third kappa shape index (κ3) is 3.95. The van der Waals surface area contributed by atoms with Gasteiger partial charge in [-0.1, -0.05) is 54.3 Å². The van der Waals surface area contributed by atoms with E-state index < -0.39 is 5.91 Å². The van der Waals surface area contributed by atoms with Gasteiger partial charge in [-0.25, -0.2) is 0 Å². The smallest absolute Gasteiger partial charge is 0.270 e. The topological polar surface area (TPSA) is 72.6 Å². The van der Waals surface area contributed by atoms with Crippen LogP contribution in [0.5, 0.6) is 5.75 Å². The van der Waals surface area contributed by atoms with E-state index in [1.165, 1.54) is 11.8 Å². The van der Waals surface area contributed by atoms with Gasteiger partial charge in [0.2, 0.25) is 0 Å². The highest BCUT2D eigenvalue weighted by atomic mass is 32.2. The number of ether oxygens (including phenoxy) is 1. The van der Waals surface area contributed by atoms with Crippen LogP contribution in [0, 0.1) is 6.92 Å². The Hall–Kier alpha value is -2.64. The highest BCUT2D eigenvalue weighted by molar-refractivity contribution is 8.27. The van der Waals surface area contributed by atoms with Crippen molar-refractivity contribution in [2.75, 3.05) is 11.5 Å². The van der Waals surface area contributed by atoms with Crippen LogP contribution in [-0.2, 0) is 9.59 Å². The zero-order chi connectivity index (χ0) is 18.7. The van der Waals surface area contributed by atoms with E-state index in [0.717, 1.165) is 16.8 Å². The molecule has 3 rings (SSSR count). The molecular formula is C19H16N2O3S2. The van der Waals surface area contributed by atoms with E-state index in [2.05, 4.69) is 0 Å². The summed E-state index contributed by atoms with van der Waals surface area (Å²) < 4.78 is 5.73. The number of thiocarbonyl (C=S) groups is 1. The molecule has 0 atom stereocenters. The van der Waals surface area contributed by atoms with E-state index in [4.69, 9.17) is 22.7 Å². The Labute approximate surface area is 160 Å². The molecule has 1 heterocycles. The van der Waals surface area contributed by atoms with Crippen LogP contribution in [0.3, 0.4) is 0 Å². The van der Waals surface area contributed by atoms with Gasteiger partial charge in [-0.2, -0.15) is 0 Å². The lowest BCUT2D eigenvalue weighted by molar-refractivity contribution is -0.120. The fraction of sp³-hybridized carbons (Fsp3) is 0.105. The molecule has 132 valence electrons. The van der Waals surface area contributed by atoms with Crippen LogP contribution in [0.25, 0.3) is 6.08 Å². The molecule has 2 aromatic carbocycles. The zero-order valence-electron chi connectivity index (χ0n) is 14.0. The van der Waals surface area contributed by atoms with Crippen LogP contribution in [0.2, 0.25) is 0 Å². The number of carbonyl (C=O) groups is 2. The first-order chi connectivity index (χ1) is 12.5. The molecule has 0 unspecified atom stereocenters. The summed E-state index contributed by atoms with van der Waals surface area (Å²) in [5.74, 6) is -0.134. The number of hydrogen-bond donors (Lipinski definition) is 1. The zero-order valence-corrected chi connectivity index (χ0v) is 15.6. The van der Waals surface area contributed by atoms with Crippen molar-refractivity contribution < 1.29 is 14.3 Å². The van der Waals surface area contributed by atoms with Gasteiger partial charge in [-0.15, -0.1) is 0 Å². The lowest BCUT2D eigenvalue weighted by Crippen LogP contribution is -2.28. The summed E-state index contributed by atoms with van der Waals surface area (Å²) in [6, 6.07) is 14.7. The number of nitrogens with two attached hydrogens (primary N) is 1. The number of anilines is 1. The van der Waals surface area contributed by atoms with Crippen LogP contribution in [0.1, 0.15) is 11.1 Å². The second-order valence-corrected chi connectivity index (χ2v) is 7.30. The first-order valence-corrected chi connectivity index (χ1v) is 9.03. The number of para-hydroxylation sites is 1. The Kier molecular flexibility index (Phi) is 5.39. The van der Waals surface area contributed by atoms with Crippen LogP contribution in [-0.4, -0.2) is 22.7 Å². The monoisotopic (exact) mass is 384 g/mol. The third-order valence-corrected chi connectivity index (χ3v) is 5.01. The number of hydrogen-bond acceptors (Lipinski definition) is 5. The summed E-state index contributed by atoms with van der Waals surface area (Å²) in [7, 11) is 0. The van der Waals surface area contributed by atoms with Crippen molar-refractivity contribution in [3.8, 4) is 5.75 Å². The number of nitrogens with zero attached hydrogens (tertiary/aromatic N) is 1. The minimum Gasteiger partial charge on any atom is -0.484 e. The molecule has 0 aliphatic carbocycles. The molecule has 1 aliphatic rings. The van der Waals surface area contributed by atoms with Gasteiger partial charge in [-0.05, 0) is 42.3 Å². The number of rotatable bonds is 5. The van der Waals surface area contributed by atoms with Gasteiger partial charge < -0.3 is 10.5 Å². The molecule has 0 radical (unpaired) electrons. The van der Waals surface area contributed by atoms with Crippen molar-refractivity contribution in [1.29, 1.82) is 0 Å². The van der Waals surface area contributed by atoms with E-state index in [0.29, 0.717) is 15.0 Å². The second-order valence-electron chi connectivity index (χ2n) is 5.63. The molecule has 26 heavy (non-hydrogen) atoms. The van der Waals surface area contributed by atoms with Crippen LogP contribution < -0.4 is 15.4 Å². The predicted octanol–water partition coefficient (Wildman–Crippen LogP) is 3.26. The van der Waals surface area contributed by atoms with Crippen molar-refractivity contribution in [3.63, 3.8) is 0 Å². The lowest BCUT2D eigenvalue weighted by atomic mass is 10.1. The normalized spacial score (nSPS) is 15.6. The predicted molar refractivity (Wildman–Crippen MR) is 108 cm³/mol. The van der Waals surface area contributed by atoms with E-state index in [9.17, 15) is 9.59 Å². The minimum absolute atomic E-state index is 0.136. The fourth-order valence-electron chi connectivity index (χ4n) is 2.46. The largest absolute Gasteiger partial charge is 0.484 e. The maximum atomic E-state index is 12.8. The maximum absolute atomic E-state index is 12.8. The molecule has 1 saturated heterocycles. The van der Waals surface area contributed by atoms with Crippen molar-refractivity contribution in [2.45, 2.75) is 6.92 Å². The molecule has 1 fully saturated rings. The molecule has 1 aliphatic heterocycles. The average Bonchev–Trinajstić information content (AvgIpc) is 2.88. The summed E-state index contributed by atoms with van der Waals surface area (Å²) in [4.78, 5) is 25.6. The number of benzene rings is 2. The van der Waals surface area contributed by atoms with Gasteiger partial charge in [0.1, 0.15) is 5.75 Å². The number of thioether (sulfide) groups is 1. The summed E-state index contributed by atoms with van der Waals surface area (Å²) >= 11 is 6.67. The average molecular weight is 384 g/mol. The van der Waals surface area contributed by atoms with E-state index in [1.807, 2.05) is 31.2 Å². The first kappa shape index (κ1) is 18.2. The summed E-state index contributed by atoms with van der Waals surface area (Å²) in [5, 5.41) is 0. The Morgan fingerprint density at radius 2 is 1.92 bits per heavy atom. The van der Waals surface area contributed by atoms with Gasteiger partial charge >= 0.3 is 0 Å². The molecule has 0 aromatic heterocycles. The maximum Gasteiger partial charge on any atom is 0.270 e. The second kappa shape index (κ2) is 7.72. The van der Waals surface area contributed by atoms with Crippen molar-refractivity contribution >= 4 is 51.9 Å². The molecule has 2 N–H and O–H groups in total. The number of aryl methyl sites for hydroxylation is 1. The Morgan fingerprint density at radius 3 is 2.58 bits per heavy atom. The van der Waals surface area contributed by atoms with Crippen molar-refractivity contribution in [3.05, 3.63) is 64.6 Å². The molecule has 5 nitrogen and oxygen atoms in total. The first-order valence-electron chi connectivity index (χ1n) is 7.80. The summed E-state index contributed by atoms with van der Waals surface area (Å²) in [5.41, 5.74) is 7.67. The Balaban J connectivity index is 1.80. The molecule has 0 spiro atoms. The van der Waals surface area contributed by atoms with Crippen LogP contribution in [0.4, 0.5) is 5.69 Å². The third-order valence-electron chi connectivity index (χ3n) is 3.71. The molecule has 0 bridgehead atoms. The Morgan fingerprint density at radius 1 is 1.23 bits per heavy atom. The SMILES string of the molecule is Cc1ccccc1N1C(=O)/C(=C/c2ccc(OCC(N)=O)cc2)SC1=S. The van der Waals surface area contributed by atoms with Crippen LogP contribution in [0.15, 0.2) is 53.4 Å². The quantitative estimate of drug-likeness (QED) is 0.633. The Bertz CT molecular complexity index is 907. The van der Waals surface area contributed by atoms with Gasteiger partial charge in [0.15, 0.2) is 10.9 Å². The van der Waals surface area contributed by atoms with Gasteiger partial charge in [0.25, 0.3) is 11.8 Å². The molecular weight excluding hydrogens is 368 g/mol. The minimum atomic E-state index is -0.533. The van der Waals surface area contributed by atoms with E-state index in [1.54, 1.807) is 35.2 Å². The molecule has 2 amide bonds. The van der Waals surface area contributed by atoms with Crippen LogP contribution >= 0.6 is 24.0 Å². The number of primary amides is 1. The fourth-order valence-corrected chi connectivity index (χ4v) is 3.74. The highest BCUT2D eigenvalue weighted by Gasteiger charge is 2.33. The molecule has 7 heteroatoms. The van der Waals surface area contributed by atoms with Crippen molar-refractivity contribution in [2.24, 2.45) is 5.73 Å². The molecule has 0 saturated carbocycles. The van der Waals surface area contributed by atoms with Gasteiger partial charge in [0.05, 0.1) is 10.6 Å².